The zero-order valence-corrected chi connectivity index (χ0v) is 11.0. The van der Waals surface area contributed by atoms with Gasteiger partial charge in [0.1, 0.15) is 18.2 Å². The van der Waals surface area contributed by atoms with Crippen molar-refractivity contribution >= 4 is 5.82 Å². The molecular weight excluding hydrogens is 244 g/mol. The van der Waals surface area contributed by atoms with E-state index in [1.807, 2.05) is 26.0 Å². The molecule has 0 saturated heterocycles. The Bertz CT molecular complexity index is 543. The van der Waals surface area contributed by atoms with E-state index in [-0.39, 0.29) is 0 Å². The average molecular weight is 260 g/mol. The average Bonchev–Trinajstić information content (AvgIpc) is 2.38. The van der Waals surface area contributed by atoms with Crippen LogP contribution in [0.3, 0.4) is 0 Å². The van der Waals surface area contributed by atoms with Crippen LogP contribution < -0.4 is 10.5 Å². The first-order valence-corrected chi connectivity index (χ1v) is 5.99. The van der Waals surface area contributed by atoms with Crippen molar-refractivity contribution in [3.63, 3.8) is 0 Å². The minimum atomic E-state index is 0.310. The normalized spacial score (nSPS) is 10.4. The molecule has 0 spiro atoms. The van der Waals surface area contributed by atoms with Crippen LogP contribution >= 0.6 is 0 Å². The number of nitrogens with two attached hydrogens (primary N) is 1. The first kappa shape index (κ1) is 13.2. The molecule has 0 radical (unpaired) electrons. The van der Waals surface area contributed by atoms with Crippen LogP contribution in [0, 0.1) is 6.92 Å². The van der Waals surface area contributed by atoms with Gasteiger partial charge < -0.3 is 15.2 Å². The summed E-state index contributed by atoms with van der Waals surface area (Å²) in [6.45, 7) is 4.72. The predicted molar refractivity (Wildman–Crippen MR) is 70.8 cm³/mol. The van der Waals surface area contributed by atoms with Crippen molar-refractivity contribution in [2.75, 3.05) is 12.3 Å². The fraction of sp³-hybridized carbons (Fsp3) is 0.308. The van der Waals surface area contributed by atoms with E-state index in [9.17, 15) is 0 Å². The van der Waals surface area contributed by atoms with Gasteiger partial charge in [0, 0.05) is 18.4 Å². The maximum Gasteiger partial charge on any atom is 0.224 e. The topological polar surface area (TPSA) is 83.2 Å². The highest BCUT2D eigenvalue weighted by Gasteiger charge is 2.05. The van der Waals surface area contributed by atoms with Crippen molar-refractivity contribution in [1.82, 2.24) is 15.0 Å². The molecule has 0 aromatic carbocycles. The van der Waals surface area contributed by atoms with Crippen LogP contribution in [0.5, 0.6) is 11.6 Å². The molecule has 6 heteroatoms. The first-order valence-electron chi connectivity index (χ1n) is 5.99. The van der Waals surface area contributed by atoms with Gasteiger partial charge in [-0.3, -0.25) is 4.98 Å². The second-order valence-corrected chi connectivity index (χ2v) is 3.92. The van der Waals surface area contributed by atoms with E-state index in [1.165, 1.54) is 0 Å². The third-order valence-corrected chi connectivity index (χ3v) is 2.31. The lowest BCUT2D eigenvalue weighted by Crippen LogP contribution is -2.03. The zero-order valence-electron chi connectivity index (χ0n) is 11.0. The third kappa shape index (κ3) is 3.89. The molecule has 2 heterocycles. The second-order valence-electron chi connectivity index (χ2n) is 3.92. The van der Waals surface area contributed by atoms with Gasteiger partial charge in [0.25, 0.3) is 0 Å². The molecule has 100 valence electrons. The number of aromatic nitrogens is 3. The molecule has 2 N–H and O–H groups in total. The Morgan fingerprint density at radius 2 is 2.11 bits per heavy atom. The number of hydrogen-bond acceptors (Lipinski definition) is 6. The van der Waals surface area contributed by atoms with Crippen LogP contribution in [0.4, 0.5) is 5.82 Å². The number of aryl methyl sites for hydroxylation is 1. The Labute approximate surface area is 111 Å². The van der Waals surface area contributed by atoms with Crippen molar-refractivity contribution < 1.29 is 9.47 Å². The maximum absolute atomic E-state index is 5.71. The Balaban J connectivity index is 2.15. The highest BCUT2D eigenvalue weighted by molar-refractivity contribution is 5.35. The van der Waals surface area contributed by atoms with E-state index in [0.717, 1.165) is 5.69 Å². The highest BCUT2D eigenvalue weighted by atomic mass is 16.5. The summed E-state index contributed by atoms with van der Waals surface area (Å²) in [6.07, 6.45) is 1.63. The lowest BCUT2D eigenvalue weighted by molar-refractivity contribution is 0.128. The minimum absolute atomic E-state index is 0.310. The van der Waals surface area contributed by atoms with Crippen LogP contribution in [0.1, 0.15) is 18.4 Å². The molecule has 0 bridgehead atoms. The lowest BCUT2D eigenvalue weighted by atomic mass is 10.4. The van der Waals surface area contributed by atoms with Gasteiger partial charge in [-0.25, -0.2) is 4.98 Å². The Kier molecular flexibility index (Phi) is 4.25. The van der Waals surface area contributed by atoms with E-state index in [2.05, 4.69) is 15.0 Å². The Morgan fingerprint density at radius 1 is 1.26 bits per heavy atom. The summed E-state index contributed by atoms with van der Waals surface area (Å²) in [6, 6.07) is 5.25. The molecule has 0 aliphatic heterocycles. The smallest absolute Gasteiger partial charge is 0.224 e. The molecule has 0 aliphatic carbocycles. The second kappa shape index (κ2) is 6.10. The van der Waals surface area contributed by atoms with Gasteiger partial charge in [-0.05, 0) is 26.0 Å². The summed E-state index contributed by atoms with van der Waals surface area (Å²) in [5.74, 6) is 1.83. The molecule has 0 atom stereocenters. The molecule has 0 fully saturated rings. The quantitative estimate of drug-likeness (QED) is 0.886. The van der Waals surface area contributed by atoms with Crippen molar-refractivity contribution in [2.45, 2.75) is 20.5 Å². The summed E-state index contributed by atoms with van der Waals surface area (Å²) < 4.78 is 10.8. The van der Waals surface area contributed by atoms with Crippen LogP contribution in [0.25, 0.3) is 0 Å². The van der Waals surface area contributed by atoms with Crippen molar-refractivity contribution in [3.8, 4) is 11.6 Å². The van der Waals surface area contributed by atoms with Crippen molar-refractivity contribution in [3.05, 3.63) is 35.9 Å². The summed E-state index contributed by atoms with van der Waals surface area (Å²) in [4.78, 5) is 12.4. The van der Waals surface area contributed by atoms with Gasteiger partial charge in [-0.15, -0.1) is 0 Å². The van der Waals surface area contributed by atoms with Crippen molar-refractivity contribution in [2.24, 2.45) is 0 Å². The van der Waals surface area contributed by atoms with Gasteiger partial charge in [0.15, 0.2) is 5.82 Å². The maximum atomic E-state index is 5.71. The van der Waals surface area contributed by atoms with E-state index in [1.54, 1.807) is 12.3 Å². The molecular formula is C13H16N4O2. The summed E-state index contributed by atoms with van der Waals surface area (Å²) >= 11 is 0. The number of nitrogens with zero attached hydrogens (tertiary/aromatic N) is 3. The molecule has 19 heavy (non-hydrogen) atoms. The van der Waals surface area contributed by atoms with E-state index >= 15 is 0 Å². The van der Waals surface area contributed by atoms with Gasteiger partial charge in [-0.2, -0.15) is 4.98 Å². The molecule has 6 nitrogen and oxygen atoms in total. The predicted octanol–water partition coefficient (Wildman–Crippen LogP) is 2.09. The number of nitrogen functional groups attached to an aromatic ring is 1. The number of hydrogen-bond donors (Lipinski definition) is 1. The molecule has 2 aromatic rings. The molecule has 2 rings (SSSR count). The van der Waals surface area contributed by atoms with Gasteiger partial charge >= 0.3 is 0 Å². The largest absolute Gasteiger partial charge is 0.437 e. The van der Waals surface area contributed by atoms with Gasteiger partial charge in [0.2, 0.25) is 5.88 Å². The molecule has 0 amide bonds. The number of pyridine rings is 1. The van der Waals surface area contributed by atoms with Crippen LogP contribution in [0.15, 0.2) is 24.4 Å². The number of rotatable bonds is 5. The van der Waals surface area contributed by atoms with Crippen LogP contribution in [0.2, 0.25) is 0 Å². The third-order valence-electron chi connectivity index (χ3n) is 2.31. The lowest BCUT2D eigenvalue weighted by Gasteiger charge is -2.07. The first-order chi connectivity index (χ1) is 9.17. The Morgan fingerprint density at radius 3 is 2.79 bits per heavy atom. The molecule has 0 unspecified atom stereocenters. The Hall–Kier alpha value is -2.21. The minimum Gasteiger partial charge on any atom is -0.437 e. The fourth-order valence-electron chi connectivity index (χ4n) is 1.44. The monoisotopic (exact) mass is 260 g/mol. The fourth-order valence-corrected chi connectivity index (χ4v) is 1.44. The van der Waals surface area contributed by atoms with Crippen molar-refractivity contribution in [1.29, 1.82) is 0 Å². The number of anilines is 1. The molecule has 0 aliphatic rings. The molecule has 2 aromatic heterocycles. The summed E-state index contributed by atoms with van der Waals surface area (Å²) in [7, 11) is 0. The van der Waals surface area contributed by atoms with Crippen LogP contribution in [-0.4, -0.2) is 21.6 Å². The standard InChI is InChI=1S/C13H16N4O2/c1-3-18-8-12-16-11(14)6-13(17-12)19-10-5-4-9(2)15-7-10/h4-7H,3,8H2,1-2H3,(H2,14,16,17). The highest BCUT2D eigenvalue weighted by Crippen LogP contribution is 2.20. The van der Waals surface area contributed by atoms with E-state index in [0.29, 0.717) is 36.5 Å². The summed E-state index contributed by atoms with van der Waals surface area (Å²) in [5.41, 5.74) is 6.63. The van der Waals surface area contributed by atoms with Gasteiger partial charge in [-0.1, -0.05) is 0 Å². The van der Waals surface area contributed by atoms with Crippen LogP contribution in [-0.2, 0) is 11.3 Å². The summed E-state index contributed by atoms with van der Waals surface area (Å²) in [5, 5.41) is 0. The van der Waals surface area contributed by atoms with E-state index < -0.39 is 0 Å². The van der Waals surface area contributed by atoms with E-state index in [4.69, 9.17) is 15.2 Å². The number of ether oxygens (including phenoxy) is 2. The van der Waals surface area contributed by atoms with Gasteiger partial charge in [0.05, 0.1) is 6.20 Å². The SMILES string of the molecule is CCOCc1nc(N)cc(Oc2ccc(C)nc2)n1. The molecule has 0 saturated carbocycles. The zero-order chi connectivity index (χ0) is 13.7.